The zero-order valence-corrected chi connectivity index (χ0v) is 7.92. The molecule has 74 valence electrons. The van der Waals surface area contributed by atoms with Gasteiger partial charge >= 0.3 is 0 Å². The molecule has 0 bridgehead atoms. The summed E-state index contributed by atoms with van der Waals surface area (Å²) in [6.07, 6.45) is 4.48. The zero-order valence-electron chi connectivity index (χ0n) is 7.92. The molecule has 0 unspecified atom stereocenters. The molecule has 3 nitrogen and oxygen atoms in total. The van der Waals surface area contributed by atoms with Crippen molar-refractivity contribution in [3.63, 3.8) is 0 Å². The van der Waals surface area contributed by atoms with E-state index in [1.807, 2.05) is 0 Å². The summed E-state index contributed by atoms with van der Waals surface area (Å²) in [6, 6.07) is 1.47. The van der Waals surface area contributed by atoms with Gasteiger partial charge in [-0.1, -0.05) is 12.2 Å². The van der Waals surface area contributed by atoms with Gasteiger partial charge in [0.25, 0.3) is 5.56 Å². The summed E-state index contributed by atoms with van der Waals surface area (Å²) in [7, 11) is 0. The van der Waals surface area contributed by atoms with E-state index in [9.17, 15) is 9.90 Å². The van der Waals surface area contributed by atoms with Crippen LogP contribution in [-0.2, 0) is 12.8 Å². The van der Waals surface area contributed by atoms with Crippen LogP contribution in [0.15, 0.2) is 36.2 Å². The Morgan fingerprint density at radius 2 is 2.00 bits per heavy atom. The van der Waals surface area contributed by atoms with Gasteiger partial charge in [-0.25, -0.2) is 0 Å². The molecule has 0 saturated heterocycles. The lowest BCUT2D eigenvalue weighted by molar-refractivity contribution is 0.445. The Labute approximate surface area is 82.4 Å². The quantitative estimate of drug-likeness (QED) is 0.709. The number of allylic oxidation sites excluding steroid dienone is 2. The van der Waals surface area contributed by atoms with Crippen molar-refractivity contribution in [2.24, 2.45) is 0 Å². The number of H-pyrrole nitrogens is 1. The first kappa shape index (κ1) is 10.3. The molecule has 0 radical (unpaired) electrons. The smallest absolute Gasteiger partial charge is 0.250 e. The fourth-order valence-corrected chi connectivity index (χ4v) is 1.34. The molecule has 2 N–H and O–H groups in total. The lowest BCUT2D eigenvalue weighted by Gasteiger charge is -2.06. The SMILES string of the molecule is C=CCc1cc(=O)[nH]c(O)c1CC=C. The summed E-state index contributed by atoms with van der Waals surface area (Å²) in [5.74, 6) is -0.0748. The lowest BCUT2D eigenvalue weighted by atomic mass is 10.0. The van der Waals surface area contributed by atoms with Crippen LogP contribution >= 0.6 is 0 Å². The predicted octanol–water partition coefficient (Wildman–Crippen LogP) is 1.54. The Morgan fingerprint density at radius 1 is 1.36 bits per heavy atom. The standard InChI is InChI=1S/C11H13NO2/c1-3-5-8-7-10(13)12-11(14)9(8)6-4-2/h3-4,7H,1-2,5-6H2,(H2,12,13,14). The third-order valence-electron chi connectivity index (χ3n) is 1.93. The molecule has 3 heteroatoms. The highest BCUT2D eigenvalue weighted by molar-refractivity contribution is 5.36. The average Bonchev–Trinajstić information content (AvgIpc) is 2.11. The van der Waals surface area contributed by atoms with E-state index in [2.05, 4.69) is 18.1 Å². The molecule has 0 fully saturated rings. The van der Waals surface area contributed by atoms with E-state index in [1.54, 1.807) is 12.2 Å². The second kappa shape index (κ2) is 4.46. The van der Waals surface area contributed by atoms with Crippen molar-refractivity contribution in [1.29, 1.82) is 0 Å². The van der Waals surface area contributed by atoms with E-state index < -0.39 is 0 Å². The van der Waals surface area contributed by atoms with Gasteiger partial charge in [0.2, 0.25) is 0 Å². The van der Waals surface area contributed by atoms with Crippen LogP contribution < -0.4 is 5.56 Å². The largest absolute Gasteiger partial charge is 0.494 e. The molecule has 0 aliphatic carbocycles. The van der Waals surface area contributed by atoms with Gasteiger partial charge in [0.15, 0.2) is 5.88 Å². The molecular formula is C11H13NO2. The molecule has 1 aromatic rings. The number of aromatic nitrogens is 1. The van der Waals surface area contributed by atoms with Crippen LogP contribution in [0.3, 0.4) is 0 Å². The highest BCUT2D eigenvalue weighted by Crippen LogP contribution is 2.17. The van der Waals surface area contributed by atoms with E-state index >= 15 is 0 Å². The first-order valence-electron chi connectivity index (χ1n) is 4.35. The number of hydrogen-bond donors (Lipinski definition) is 2. The molecule has 1 rings (SSSR count). The molecule has 14 heavy (non-hydrogen) atoms. The highest BCUT2D eigenvalue weighted by atomic mass is 16.3. The van der Waals surface area contributed by atoms with E-state index in [1.165, 1.54) is 6.07 Å². The van der Waals surface area contributed by atoms with Gasteiger partial charge in [-0.2, -0.15) is 0 Å². The Balaban J connectivity index is 3.27. The molecule has 0 saturated carbocycles. The normalized spacial score (nSPS) is 9.71. The van der Waals surface area contributed by atoms with Crippen molar-refractivity contribution in [3.8, 4) is 5.88 Å². The third kappa shape index (κ3) is 2.13. The van der Waals surface area contributed by atoms with Crippen LogP contribution in [0.1, 0.15) is 11.1 Å². The van der Waals surface area contributed by atoms with Gasteiger partial charge in [-0.3, -0.25) is 9.78 Å². The molecule has 0 amide bonds. The average molecular weight is 191 g/mol. The molecule has 0 aliphatic heterocycles. The summed E-state index contributed by atoms with van der Waals surface area (Å²) in [5, 5.41) is 9.49. The molecular weight excluding hydrogens is 178 g/mol. The summed E-state index contributed by atoms with van der Waals surface area (Å²) in [4.78, 5) is 13.4. The van der Waals surface area contributed by atoms with E-state index in [0.29, 0.717) is 18.4 Å². The van der Waals surface area contributed by atoms with Gasteiger partial charge in [0.1, 0.15) is 0 Å². The van der Waals surface area contributed by atoms with E-state index in [4.69, 9.17) is 0 Å². The highest BCUT2D eigenvalue weighted by Gasteiger charge is 2.06. The number of aromatic amines is 1. The number of rotatable bonds is 4. The Kier molecular flexibility index (Phi) is 3.29. The Morgan fingerprint density at radius 3 is 2.57 bits per heavy atom. The number of nitrogens with one attached hydrogen (secondary N) is 1. The fourth-order valence-electron chi connectivity index (χ4n) is 1.34. The van der Waals surface area contributed by atoms with E-state index in [0.717, 1.165) is 5.56 Å². The van der Waals surface area contributed by atoms with Crippen LogP contribution in [0.2, 0.25) is 0 Å². The van der Waals surface area contributed by atoms with Gasteiger partial charge < -0.3 is 5.11 Å². The monoisotopic (exact) mass is 191 g/mol. The minimum atomic E-state index is -0.299. The van der Waals surface area contributed by atoms with Crippen molar-refractivity contribution in [1.82, 2.24) is 4.98 Å². The van der Waals surface area contributed by atoms with Crippen molar-refractivity contribution in [2.45, 2.75) is 12.8 Å². The predicted molar refractivity (Wildman–Crippen MR) is 56.5 cm³/mol. The number of hydrogen-bond acceptors (Lipinski definition) is 2. The molecule has 0 atom stereocenters. The lowest BCUT2D eigenvalue weighted by Crippen LogP contribution is -2.08. The minimum Gasteiger partial charge on any atom is -0.494 e. The molecule has 1 heterocycles. The molecule has 0 spiro atoms. The van der Waals surface area contributed by atoms with Crippen LogP contribution in [0.4, 0.5) is 0 Å². The Hall–Kier alpha value is -1.77. The summed E-state index contributed by atoms with van der Waals surface area (Å²) in [6.45, 7) is 7.19. The van der Waals surface area contributed by atoms with Crippen LogP contribution in [0.25, 0.3) is 0 Å². The van der Waals surface area contributed by atoms with Crippen molar-refractivity contribution < 1.29 is 5.11 Å². The first-order chi connectivity index (χ1) is 6.69. The summed E-state index contributed by atoms with van der Waals surface area (Å²) >= 11 is 0. The summed E-state index contributed by atoms with van der Waals surface area (Å²) < 4.78 is 0. The van der Waals surface area contributed by atoms with Crippen molar-refractivity contribution in [2.75, 3.05) is 0 Å². The maximum absolute atomic E-state index is 11.1. The molecule has 0 aliphatic rings. The van der Waals surface area contributed by atoms with Gasteiger partial charge in [0.05, 0.1) is 0 Å². The van der Waals surface area contributed by atoms with Crippen LogP contribution in [0, 0.1) is 0 Å². The molecule has 1 aromatic heterocycles. The number of pyridine rings is 1. The van der Waals surface area contributed by atoms with Gasteiger partial charge in [-0.15, -0.1) is 13.2 Å². The van der Waals surface area contributed by atoms with Crippen molar-refractivity contribution in [3.05, 3.63) is 52.9 Å². The molecule has 0 aromatic carbocycles. The third-order valence-corrected chi connectivity index (χ3v) is 1.93. The minimum absolute atomic E-state index is 0.0748. The van der Waals surface area contributed by atoms with Gasteiger partial charge in [-0.05, 0) is 18.4 Å². The maximum atomic E-state index is 11.1. The zero-order chi connectivity index (χ0) is 10.6. The van der Waals surface area contributed by atoms with Crippen LogP contribution in [-0.4, -0.2) is 10.1 Å². The summed E-state index contributed by atoms with van der Waals surface area (Å²) in [5.41, 5.74) is 1.20. The topological polar surface area (TPSA) is 53.1 Å². The second-order valence-corrected chi connectivity index (χ2v) is 2.97. The first-order valence-corrected chi connectivity index (χ1v) is 4.35. The number of aromatic hydroxyl groups is 1. The fraction of sp³-hybridized carbons (Fsp3) is 0.182. The van der Waals surface area contributed by atoms with Crippen molar-refractivity contribution >= 4 is 0 Å². The van der Waals surface area contributed by atoms with Gasteiger partial charge in [0, 0.05) is 11.6 Å². The maximum Gasteiger partial charge on any atom is 0.250 e. The van der Waals surface area contributed by atoms with E-state index in [-0.39, 0.29) is 11.4 Å². The second-order valence-electron chi connectivity index (χ2n) is 2.97. The Bertz CT molecular complexity index is 404. The van der Waals surface area contributed by atoms with Crippen LogP contribution in [0.5, 0.6) is 5.88 Å².